The van der Waals surface area contributed by atoms with Crippen molar-refractivity contribution in [3.8, 4) is 11.1 Å². The lowest BCUT2D eigenvalue weighted by molar-refractivity contribution is -0.264. The van der Waals surface area contributed by atoms with Gasteiger partial charge in [-0.2, -0.15) is 0 Å². The Morgan fingerprint density at radius 1 is 1.16 bits per heavy atom. The summed E-state index contributed by atoms with van der Waals surface area (Å²) < 4.78 is 0. The Kier molecular flexibility index (Phi) is 2.93. The molecule has 1 aliphatic carbocycles. The minimum Gasteiger partial charge on any atom is -0.528 e. The van der Waals surface area contributed by atoms with E-state index in [4.69, 9.17) is 4.84 Å². The maximum atomic E-state index is 10.3. The lowest BCUT2D eigenvalue weighted by atomic mass is 10.0. The van der Waals surface area contributed by atoms with Gasteiger partial charge in [0.25, 0.3) is 0 Å². The molecule has 0 aliphatic heterocycles. The smallest absolute Gasteiger partial charge is 0.159 e. The van der Waals surface area contributed by atoms with Crippen LogP contribution in [0.5, 0.6) is 0 Å². The molecule has 0 bridgehead atoms. The van der Waals surface area contributed by atoms with Gasteiger partial charge in [-0.05, 0) is 34.2 Å². The van der Waals surface area contributed by atoms with E-state index in [1.54, 1.807) is 0 Å². The van der Waals surface area contributed by atoms with Crippen molar-refractivity contribution in [3.63, 3.8) is 0 Å². The summed E-state index contributed by atoms with van der Waals surface area (Å²) >= 11 is 0. The Morgan fingerprint density at radius 2 is 1.95 bits per heavy atom. The standard InChI is InChI=1S/C15H13NO3/c17-15(18)16-19-9-11-5-3-7-13-12-6-2-1-4-10(12)8-14(11)13/h1-7,16H,8-9H2,(H,17,18)/p-1. The van der Waals surface area contributed by atoms with E-state index >= 15 is 0 Å². The molecule has 0 atom stereocenters. The molecule has 1 aliphatic rings. The van der Waals surface area contributed by atoms with Crippen molar-refractivity contribution in [2.45, 2.75) is 13.0 Å². The second-order valence-electron chi connectivity index (χ2n) is 4.46. The van der Waals surface area contributed by atoms with Gasteiger partial charge in [0.1, 0.15) is 0 Å². The SMILES string of the molecule is O=C([O-])NOCc1cccc2c1Cc1ccccc1-2. The van der Waals surface area contributed by atoms with Crippen molar-refractivity contribution in [1.29, 1.82) is 0 Å². The molecule has 2 aromatic carbocycles. The Labute approximate surface area is 110 Å². The number of hydrogen-bond donors (Lipinski definition) is 1. The van der Waals surface area contributed by atoms with E-state index in [0.29, 0.717) is 0 Å². The summed E-state index contributed by atoms with van der Waals surface area (Å²) in [6.45, 7) is 0.200. The van der Waals surface area contributed by atoms with Crippen LogP contribution in [0.4, 0.5) is 4.79 Å². The number of benzene rings is 2. The zero-order valence-corrected chi connectivity index (χ0v) is 10.2. The van der Waals surface area contributed by atoms with Crippen LogP contribution in [0.15, 0.2) is 42.5 Å². The fraction of sp³-hybridized carbons (Fsp3) is 0.133. The molecule has 0 saturated heterocycles. The predicted molar refractivity (Wildman–Crippen MR) is 68.0 cm³/mol. The molecule has 0 fully saturated rings. The number of carboxylic acid groups (broad SMARTS) is 1. The highest BCUT2D eigenvalue weighted by Gasteiger charge is 2.20. The van der Waals surface area contributed by atoms with Crippen molar-refractivity contribution in [1.82, 2.24) is 5.48 Å². The quantitative estimate of drug-likeness (QED) is 0.722. The fourth-order valence-electron chi connectivity index (χ4n) is 2.53. The first-order chi connectivity index (χ1) is 9.25. The van der Waals surface area contributed by atoms with Crippen LogP contribution in [-0.2, 0) is 17.9 Å². The highest BCUT2D eigenvalue weighted by atomic mass is 16.7. The monoisotopic (exact) mass is 254 g/mol. The Bertz CT molecular complexity index is 637. The van der Waals surface area contributed by atoms with Crippen LogP contribution in [0.25, 0.3) is 11.1 Å². The number of hydrogen-bond acceptors (Lipinski definition) is 3. The summed E-state index contributed by atoms with van der Waals surface area (Å²) in [5.41, 5.74) is 7.73. The molecule has 0 saturated carbocycles. The zero-order valence-electron chi connectivity index (χ0n) is 10.2. The lowest BCUT2D eigenvalue weighted by Gasteiger charge is -2.10. The van der Waals surface area contributed by atoms with E-state index < -0.39 is 6.09 Å². The molecule has 0 heterocycles. The minimum atomic E-state index is -1.43. The maximum Gasteiger partial charge on any atom is 0.159 e. The van der Waals surface area contributed by atoms with Gasteiger partial charge in [-0.3, -0.25) is 10.3 Å². The summed E-state index contributed by atoms with van der Waals surface area (Å²) in [6, 6.07) is 14.2. The van der Waals surface area contributed by atoms with Crippen molar-refractivity contribution >= 4 is 6.09 Å². The van der Waals surface area contributed by atoms with E-state index in [-0.39, 0.29) is 6.61 Å². The van der Waals surface area contributed by atoms with Crippen LogP contribution in [0.3, 0.4) is 0 Å². The van der Waals surface area contributed by atoms with Crippen LogP contribution in [0.2, 0.25) is 0 Å². The molecule has 2 aromatic rings. The van der Waals surface area contributed by atoms with E-state index in [1.165, 1.54) is 22.3 Å². The average Bonchev–Trinajstić information content (AvgIpc) is 2.78. The number of carbonyl (C=O) groups is 1. The number of fused-ring (bicyclic) bond motifs is 3. The molecule has 19 heavy (non-hydrogen) atoms. The molecule has 0 radical (unpaired) electrons. The van der Waals surface area contributed by atoms with E-state index in [0.717, 1.165) is 12.0 Å². The van der Waals surface area contributed by atoms with Crippen LogP contribution in [-0.4, -0.2) is 6.09 Å². The topological polar surface area (TPSA) is 61.4 Å². The lowest BCUT2D eigenvalue weighted by Crippen LogP contribution is -2.36. The largest absolute Gasteiger partial charge is 0.528 e. The van der Waals surface area contributed by atoms with Crippen LogP contribution < -0.4 is 10.6 Å². The van der Waals surface area contributed by atoms with Crippen molar-refractivity contribution in [3.05, 3.63) is 59.2 Å². The first-order valence-electron chi connectivity index (χ1n) is 6.03. The first kappa shape index (κ1) is 11.7. The normalized spacial score (nSPS) is 11.8. The van der Waals surface area contributed by atoms with Crippen molar-refractivity contribution in [2.75, 3.05) is 0 Å². The molecular weight excluding hydrogens is 242 g/mol. The number of carbonyl (C=O) groups excluding carboxylic acids is 1. The van der Waals surface area contributed by atoms with Gasteiger partial charge in [-0.15, -0.1) is 0 Å². The van der Waals surface area contributed by atoms with E-state index in [2.05, 4.69) is 18.2 Å². The number of hydroxylamine groups is 1. The highest BCUT2D eigenvalue weighted by Crippen LogP contribution is 2.38. The molecule has 4 heteroatoms. The fourth-order valence-corrected chi connectivity index (χ4v) is 2.53. The summed E-state index contributed by atoms with van der Waals surface area (Å²) in [5, 5.41) is 10.3. The van der Waals surface area contributed by atoms with Gasteiger partial charge in [0.05, 0.1) is 6.61 Å². The van der Waals surface area contributed by atoms with Crippen LogP contribution >= 0.6 is 0 Å². The molecule has 0 aromatic heterocycles. The molecule has 1 N–H and O–H groups in total. The van der Waals surface area contributed by atoms with Gasteiger partial charge in [-0.25, -0.2) is 0 Å². The minimum absolute atomic E-state index is 0.200. The van der Waals surface area contributed by atoms with Gasteiger partial charge in [-0.1, -0.05) is 42.5 Å². The molecular formula is C15H12NO3-. The molecule has 1 amide bonds. The molecule has 3 rings (SSSR count). The van der Waals surface area contributed by atoms with Crippen LogP contribution in [0.1, 0.15) is 16.7 Å². The number of nitrogens with one attached hydrogen (secondary N) is 1. The van der Waals surface area contributed by atoms with E-state index in [9.17, 15) is 9.90 Å². The highest BCUT2D eigenvalue weighted by molar-refractivity contribution is 5.77. The van der Waals surface area contributed by atoms with Gasteiger partial charge in [0.15, 0.2) is 6.09 Å². The average molecular weight is 254 g/mol. The summed E-state index contributed by atoms with van der Waals surface area (Å²) in [7, 11) is 0. The van der Waals surface area contributed by atoms with Gasteiger partial charge in [0, 0.05) is 0 Å². The third-order valence-electron chi connectivity index (χ3n) is 3.33. The molecule has 0 unspecified atom stereocenters. The Balaban J connectivity index is 1.88. The maximum absolute atomic E-state index is 10.3. The summed E-state index contributed by atoms with van der Waals surface area (Å²) in [4.78, 5) is 15.1. The van der Waals surface area contributed by atoms with Gasteiger partial charge in [0.2, 0.25) is 0 Å². The van der Waals surface area contributed by atoms with Gasteiger partial charge < -0.3 is 9.90 Å². The summed E-state index contributed by atoms with van der Waals surface area (Å²) in [5.74, 6) is 0. The Hall–Kier alpha value is -2.33. The zero-order chi connectivity index (χ0) is 13.2. The second kappa shape index (κ2) is 4.74. The number of rotatable bonds is 3. The molecule has 4 nitrogen and oxygen atoms in total. The summed E-state index contributed by atoms with van der Waals surface area (Å²) in [6.07, 6.45) is -0.577. The first-order valence-corrected chi connectivity index (χ1v) is 6.03. The predicted octanol–water partition coefficient (Wildman–Crippen LogP) is 1.62. The van der Waals surface area contributed by atoms with Crippen LogP contribution in [0, 0.1) is 0 Å². The van der Waals surface area contributed by atoms with Crippen molar-refractivity contribution in [2.24, 2.45) is 0 Å². The van der Waals surface area contributed by atoms with E-state index in [1.807, 2.05) is 29.7 Å². The third kappa shape index (κ3) is 2.18. The Morgan fingerprint density at radius 3 is 2.79 bits per heavy atom. The van der Waals surface area contributed by atoms with Gasteiger partial charge >= 0.3 is 0 Å². The second-order valence-corrected chi connectivity index (χ2v) is 4.46. The van der Waals surface area contributed by atoms with Crippen molar-refractivity contribution < 1.29 is 14.7 Å². The molecule has 96 valence electrons. The number of amides is 1. The third-order valence-corrected chi connectivity index (χ3v) is 3.33. The molecule has 0 spiro atoms.